The Kier molecular flexibility index (Phi) is 7.23. The molecule has 2 unspecified atom stereocenters. The first kappa shape index (κ1) is 18.9. The van der Waals surface area contributed by atoms with Gasteiger partial charge in [0.05, 0.1) is 12.7 Å². The molecule has 0 amide bonds. The van der Waals surface area contributed by atoms with Crippen LogP contribution in [0.25, 0.3) is 0 Å². The Bertz CT molecular complexity index is 302. The molecule has 0 aromatic carbocycles. The van der Waals surface area contributed by atoms with E-state index in [1.54, 1.807) is 0 Å². The number of carbonyl (C=O) groups excluding carboxylic acids is 1. The Labute approximate surface area is 109 Å². The first-order valence-electron chi connectivity index (χ1n) is 5.26. The lowest BCUT2D eigenvalue weighted by molar-refractivity contribution is -0.348. The Hall–Kier alpha value is -1.07. The minimum Gasteiger partial charge on any atom is -0.461 e. The highest BCUT2D eigenvalue weighted by atomic mass is 19.4. The maximum atomic E-state index is 12.0. The lowest BCUT2D eigenvalue weighted by Gasteiger charge is -2.21. The lowest BCUT2D eigenvalue weighted by Crippen LogP contribution is -2.41. The predicted molar refractivity (Wildman–Crippen MR) is 50.2 cm³/mol. The van der Waals surface area contributed by atoms with Gasteiger partial charge in [-0.25, -0.2) is 4.79 Å². The van der Waals surface area contributed by atoms with Gasteiger partial charge in [-0.05, 0) is 6.42 Å². The van der Waals surface area contributed by atoms with Crippen LogP contribution in [-0.2, 0) is 19.0 Å². The lowest BCUT2D eigenvalue weighted by atomic mass is 10.1. The molecule has 0 spiro atoms. The molecule has 2 atom stereocenters. The molecule has 0 aromatic heterocycles. The number of hydrogen-bond acceptors (Lipinski definition) is 5. The molecule has 0 saturated heterocycles. The Morgan fingerprint density at radius 2 is 1.65 bits per heavy atom. The van der Waals surface area contributed by atoms with Crippen molar-refractivity contribution >= 4 is 5.97 Å². The monoisotopic (exact) mass is 314 g/mol. The first-order chi connectivity index (χ1) is 8.96. The van der Waals surface area contributed by atoms with Crippen molar-refractivity contribution in [3.05, 3.63) is 0 Å². The van der Waals surface area contributed by atoms with Crippen molar-refractivity contribution in [1.82, 2.24) is 0 Å². The summed E-state index contributed by atoms with van der Waals surface area (Å²) in [5, 5.41) is 9.20. The van der Waals surface area contributed by atoms with Crippen molar-refractivity contribution in [3.8, 4) is 0 Å². The number of rotatable bonds is 7. The summed E-state index contributed by atoms with van der Waals surface area (Å²) >= 11 is 0. The standard InChI is InChI=1S/C9H12F6O5/c1-2-5(16)6(20-9(13,14)15)7(17)18-3-4-19-8(10,11)12/h5-6,16H,2-4H2,1H3. The molecule has 0 saturated carbocycles. The normalized spacial score (nSPS) is 15.8. The minimum atomic E-state index is -5.21. The van der Waals surface area contributed by atoms with Crippen LogP contribution in [0.15, 0.2) is 0 Å². The largest absolute Gasteiger partial charge is 0.523 e. The van der Waals surface area contributed by atoms with Gasteiger partial charge >= 0.3 is 18.7 Å². The summed E-state index contributed by atoms with van der Waals surface area (Å²) in [6.07, 6.45) is -14.6. The number of ether oxygens (including phenoxy) is 3. The quantitative estimate of drug-likeness (QED) is 0.440. The number of alkyl halides is 6. The van der Waals surface area contributed by atoms with Gasteiger partial charge in [0.15, 0.2) is 6.10 Å². The van der Waals surface area contributed by atoms with E-state index in [4.69, 9.17) is 0 Å². The maximum Gasteiger partial charge on any atom is 0.523 e. The van der Waals surface area contributed by atoms with Gasteiger partial charge in [-0.1, -0.05) is 6.92 Å². The van der Waals surface area contributed by atoms with Gasteiger partial charge in [0.25, 0.3) is 0 Å². The summed E-state index contributed by atoms with van der Waals surface area (Å²) in [5.41, 5.74) is 0. The average molecular weight is 314 g/mol. The van der Waals surface area contributed by atoms with Crippen LogP contribution in [0.3, 0.4) is 0 Å². The first-order valence-corrected chi connectivity index (χ1v) is 5.26. The van der Waals surface area contributed by atoms with Crippen molar-refractivity contribution < 1.29 is 50.5 Å². The molecular formula is C9H12F6O5. The van der Waals surface area contributed by atoms with Crippen molar-refractivity contribution in [3.63, 3.8) is 0 Å². The molecule has 0 heterocycles. The topological polar surface area (TPSA) is 65.0 Å². The molecule has 5 nitrogen and oxygen atoms in total. The van der Waals surface area contributed by atoms with Crippen molar-refractivity contribution in [1.29, 1.82) is 0 Å². The number of halogens is 6. The zero-order valence-electron chi connectivity index (χ0n) is 10.1. The number of aliphatic hydroxyl groups is 1. The summed E-state index contributed by atoms with van der Waals surface area (Å²) in [5.74, 6) is -1.64. The van der Waals surface area contributed by atoms with E-state index >= 15 is 0 Å². The van der Waals surface area contributed by atoms with Crippen LogP contribution < -0.4 is 0 Å². The molecule has 0 fully saturated rings. The molecule has 0 aliphatic rings. The van der Waals surface area contributed by atoms with Crippen LogP contribution in [0.1, 0.15) is 13.3 Å². The van der Waals surface area contributed by atoms with E-state index in [2.05, 4.69) is 14.2 Å². The van der Waals surface area contributed by atoms with E-state index in [0.29, 0.717) is 0 Å². The number of esters is 1. The third-order valence-electron chi connectivity index (χ3n) is 1.85. The highest BCUT2D eigenvalue weighted by Crippen LogP contribution is 2.22. The van der Waals surface area contributed by atoms with Gasteiger partial charge < -0.3 is 9.84 Å². The van der Waals surface area contributed by atoms with Crippen LogP contribution >= 0.6 is 0 Å². The van der Waals surface area contributed by atoms with Gasteiger partial charge in [-0.15, -0.1) is 26.3 Å². The fraction of sp³-hybridized carbons (Fsp3) is 0.889. The third kappa shape index (κ3) is 8.93. The van der Waals surface area contributed by atoms with E-state index in [0.717, 1.165) is 0 Å². The molecule has 0 aliphatic carbocycles. The van der Waals surface area contributed by atoms with Gasteiger partial charge in [-0.2, -0.15) is 0 Å². The molecule has 0 aliphatic heterocycles. The molecule has 0 rings (SSSR count). The Morgan fingerprint density at radius 3 is 2.05 bits per heavy atom. The maximum absolute atomic E-state index is 12.0. The molecule has 11 heteroatoms. The van der Waals surface area contributed by atoms with E-state index in [-0.39, 0.29) is 6.42 Å². The molecule has 0 radical (unpaired) electrons. The average Bonchev–Trinajstić information content (AvgIpc) is 2.28. The van der Waals surface area contributed by atoms with Crippen LogP contribution in [-0.4, -0.2) is 49.2 Å². The molecule has 1 N–H and O–H groups in total. The molecule has 20 heavy (non-hydrogen) atoms. The second-order valence-corrected chi connectivity index (χ2v) is 3.42. The number of hydrogen-bond donors (Lipinski definition) is 1. The summed E-state index contributed by atoms with van der Waals surface area (Å²) in [6, 6.07) is 0. The van der Waals surface area contributed by atoms with Crippen molar-refractivity contribution in [2.24, 2.45) is 0 Å². The molecular weight excluding hydrogens is 302 g/mol. The van der Waals surface area contributed by atoms with Crippen molar-refractivity contribution in [2.45, 2.75) is 38.3 Å². The van der Waals surface area contributed by atoms with Gasteiger partial charge in [0.1, 0.15) is 6.61 Å². The Morgan fingerprint density at radius 1 is 1.10 bits per heavy atom. The highest BCUT2D eigenvalue weighted by molar-refractivity contribution is 5.75. The predicted octanol–water partition coefficient (Wildman–Crippen LogP) is 1.74. The van der Waals surface area contributed by atoms with Gasteiger partial charge in [0.2, 0.25) is 0 Å². The Balaban J connectivity index is 4.35. The second-order valence-electron chi connectivity index (χ2n) is 3.42. The van der Waals surface area contributed by atoms with Crippen LogP contribution in [0.5, 0.6) is 0 Å². The second kappa shape index (κ2) is 7.64. The summed E-state index contributed by atoms with van der Waals surface area (Å²) in [7, 11) is 0. The van der Waals surface area contributed by atoms with E-state index in [9.17, 15) is 36.2 Å². The summed E-state index contributed by atoms with van der Waals surface area (Å²) < 4.78 is 81.4. The molecule has 0 aromatic rings. The zero-order valence-corrected chi connectivity index (χ0v) is 10.1. The van der Waals surface area contributed by atoms with E-state index in [1.807, 2.05) is 0 Å². The smallest absolute Gasteiger partial charge is 0.461 e. The summed E-state index contributed by atoms with van der Waals surface area (Å²) in [4.78, 5) is 11.2. The van der Waals surface area contributed by atoms with Crippen LogP contribution in [0, 0.1) is 0 Å². The van der Waals surface area contributed by atoms with Crippen LogP contribution in [0.2, 0.25) is 0 Å². The van der Waals surface area contributed by atoms with E-state index < -0.39 is 44.1 Å². The zero-order chi connectivity index (χ0) is 16.0. The highest BCUT2D eigenvalue weighted by Gasteiger charge is 2.41. The minimum absolute atomic E-state index is 0.255. The fourth-order valence-electron chi connectivity index (χ4n) is 1.02. The molecule has 120 valence electrons. The van der Waals surface area contributed by atoms with Gasteiger partial charge in [0, 0.05) is 0 Å². The van der Waals surface area contributed by atoms with Crippen molar-refractivity contribution in [2.75, 3.05) is 13.2 Å². The van der Waals surface area contributed by atoms with E-state index in [1.165, 1.54) is 6.92 Å². The number of carbonyl (C=O) groups is 1. The SMILES string of the molecule is CCC(O)C(OC(F)(F)F)C(=O)OCCOC(F)(F)F. The molecule has 0 bridgehead atoms. The van der Waals surface area contributed by atoms with Gasteiger partial charge in [-0.3, -0.25) is 9.47 Å². The summed E-state index contributed by atoms with van der Waals surface area (Å²) in [6.45, 7) is -0.750. The number of aliphatic hydroxyl groups excluding tert-OH is 1. The third-order valence-corrected chi connectivity index (χ3v) is 1.85. The fourth-order valence-corrected chi connectivity index (χ4v) is 1.02. The van der Waals surface area contributed by atoms with Crippen LogP contribution in [0.4, 0.5) is 26.3 Å².